The van der Waals surface area contributed by atoms with Gasteiger partial charge in [-0.2, -0.15) is 0 Å². The van der Waals surface area contributed by atoms with E-state index in [9.17, 15) is 9.90 Å². The lowest BCUT2D eigenvalue weighted by Crippen LogP contribution is -2.00. The third kappa shape index (κ3) is 3.03. The zero-order valence-electron chi connectivity index (χ0n) is 15.3. The average Bonchev–Trinajstić information content (AvgIpc) is 3.16. The Bertz CT molecular complexity index is 1180. The molecule has 0 aliphatic carbocycles. The number of H-pyrrole nitrogens is 1. The predicted molar refractivity (Wildman–Crippen MR) is 104 cm³/mol. The van der Waals surface area contributed by atoms with Gasteiger partial charge in [0.05, 0.1) is 36.4 Å². The van der Waals surface area contributed by atoms with Gasteiger partial charge in [0, 0.05) is 11.8 Å². The summed E-state index contributed by atoms with van der Waals surface area (Å²) in [7, 11) is 2.90. The van der Waals surface area contributed by atoms with Gasteiger partial charge < -0.3 is 19.6 Å². The fraction of sp³-hybridized carbons (Fsp3) is 0.0952. The number of hydrogen-bond acceptors (Lipinski definition) is 6. The molecule has 0 aliphatic heterocycles. The first-order chi connectivity index (χ1) is 13.6. The van der Waals surface area contributed by atoms with Crippen molar-refractivity contribution in [3.63, 3.8) is 0 Å². The fourth-order valence-corrected chi connectivity index (χ4v) is 3.05. The van der Waals surface area contributed by atoms with E-state index in [1.165, 1.54) is 7.11 Å². The second-order valence-corrected chi connectivity index (χ2v) is 6.10. The molecular formula is C21H17N3O4. The van der Waals surface area contributed by atoms with E-state index >= 15 is 0 Å². The van der Waals surface area contributed by atoms with Crippen LogP contribution < -0.4 is 4.74 Å². The van der Waals surface area contributed by atoms with E-state index in [0.29, 0.717) is 33.9 Å². The van der Waals surface area contributed by atoms with Crippen LogP contribution in [0.1, 0.15) is 10.4 Å². The molecule has 2 aromatic carbocycles. The van der Waals surface area contributed by atoms with Crippen molar-refractivity contribution in [1.29, 1.82) is 0 Å². The smallest absolute Gasteiger partial charge is 0.337 e. The van der Waals surface area contributed by atoms with Crippen molar-refractivity contribution in [2.75, 3.05) is 14.2 Å². The van der Waals surface area contributed by atoms with E-state index in [4.69, 9.17) is 9.47 Å². The van der Waals surface area contributed by atoms with Crippen LogP contribution in [0.25, 0.3) is 33.5 Å². The summed E-state index contributed by atoms with van der Waals surface area (Å²) < 4.78 is 10.1. The molecule has 2 aromatic heterocycles. The predicted octanol–water partition coefficient (Wildman–Crippen LogP) is 3.79. The second-order valence-electron chi connectivity index (χ2n) is 6.10. The number of pyridine rings is 1. The van der Waals surface area contributed by atoms with Crippen molar-refractivity contribution >= 4 is 17.0 Å². The third-order valence-electron chi connectivity index (χ3n) is 4.43. The zero-order valence-corrected chi connectivity index (χ0v) is 15.3. The Labute approximate surface area is 160 Å². The van der Waals surface area contributed by atoms with Crippen molar-refractivity contribution in [2.24, 2.45) is 0 Å². The molecule has 0 amide bonds. The van der Waals surface area contributed by atoms with Gasteiger partial charge in [-0.05, 0) is 48.0 Å². The summed E-state index contributed by atoms with van der Waals surface area (Å²) >= 11 is 0. The molecule has 28 heavy (non-hydrogen) atoms. The lowest BCUT2D eigenvalue weighted by Gasteiger charge is -2.09. The maximum Gasteiger partial charge on any atom is 0.337 e. The number of carbonyl (C=O) groups excluding carboxylic acids is 1. The molecule has 0 fully saturated rings. The summed E-state index contributed by atoms with van der Waals surface area (Å²) in [5, 5.41) is 10.4. The van der Waals surface area contributed by atoms with E-state index in [1.807, 2.05) is 18.2 Å². The van der Waals surface area contributed by atoms with Gasteiger partial charge in [0.2, 0.25) is 5.88 Å². The molecule has 0 aliphatic rings. The number of hydrogen-bond donors (Lipinski definition) is 2. The second kappa shape index (κ2) is 7.03. The fourth-order valence-electron chi connectivity index (χ4n) is 3.05. The molecule has 2 N–H and O–H groups in total. The number of aromatic hydroxyl groups is 1. The number of nitrogens with zero attached hydrogens (tertiary/aromatic N) is 2. The Morgan fingerprint density at radius 3 is 2.71 bits per heavy atom. The summed E-state index contributed by atoms with van der Waals surface area (Å²) in [6, 6.07) is 14.0. The first-order valence-electron chi connectivity index (χ1n) is 8.51. The molecular weight excluding hydrogens is 358 g/mol. The molecule has 4 aromatic rings. The molecule has 0 unspecified atom stereocenters. The molecule has 7 heteroatoms. The lowest BCUT2D eigenvalue weighted by molar-refractivity contribution is 0.0601. The highest BCUT2D eigenvalue weighted by Crippen LogP contribution is 2.35. The van der Waals surface area contributed by atoms with Crippen LogP contribution in [0.2, 0.25) is 0 Å². The maximum absolute atomic E-state index is 11.7. The number of esters is 1. The largest absolute Gasteiger partial charge is 0.507 e. The molecule has 140 valence electrons. The first-order valence-corrected chi connectivity index (χ1v) is 8.51. The highest BCUT2D eigenvalue weighted by atomic mass is 16.5. The van der Waals surface area contributed by atoms with Gasteiger partial charge in [-0.25, -0.2) is 14.8 Å². The monoisotopic (exact) mass is 375 g/mol. The SMILES string of the molecule is COC(=O)c1ccc2nc(-c3cc(-c4cccnc4OC)ccc3O)[nH]c2c1. The number of aromatic nitrogens is 3. The lowest BCUT2D eigenvalue weighted by atomic mass is 10.0. The Kier molecular flexibility index (Phi) is 4.41. The normalized spacial score (nSPS) is 10.8. The minimum atomic E-state index is -0.424. The minimum Gasteiger partial charge on any atom is -0.507 e. The summed E-state index contributed by atoms with van der Waals surface area (Å²) in [6.45, 7) is 0. The highest BCUT2D eigenvalue weighted by Gasteiger charge is 2.15. The number of carbonyl (C=O) groups is 1. The summed E-state index contributed by atoms with van der Waals surface area (Å²) in [4.78, 5) is 23.6. The quantitative estimate of drug-likeness (QED) is 0.527. The number of aromatic amines is 1. The van der Waals surface area contributed by atoms with Crippen molar-refractivity contribution in [3.05, 3.63) is 60.3 Å². The van der Waals surface area contributed by atoms with Crippen LogP contribution in [0.5, 0.6) is 11.6 Å². The van der Waals surface area contributed by atoms with Crippen LogP contribution in [0.4, 0.5) is 0 Å². The van der Waals surface area contributed by atoms with E-state index in [2.05, 4.69) is 15.0 Å². The van der Waals surface area contributed by atoms with Crippen molar-refractivity contribution in [2.45, 2.75) is 0 Å². The van der Waals surface area contributed by atoms with Crippen LogP contribution in [-0.2, 0) is 4.74 Å². The van der Waals surface area contributed by atoms with Gasteiger partial charge in [-0.3, -0.25) is 0 Å². The number of imidazole rings is 1. The van der Waals surface area contributed by atoms with Crippen LogP contribution in [-0.4, -0.2) is 40.2 Å². The van der Waals surface area contributed by atoms with Crippen LogP contribution in [0, 0.1) is 0 Å². The van der Waals surface area contributed by atoms with E-state index < -0.39 is 5.97 Å². The van der Waals surface area contributed by atoms with E-state index in [-0.39, 0.29) is 5.75 Å². The number of rotatable bonds is 4. The number of phenolic OH excluding ortho intramolecular Hbond substituents is 1. The standard InChI is InChI=1S/C21H17N3O4/c1-27-20-14(4-3-9-22-20)12-6-8-18(25)15(10-12)19-23-16-7-5-13(21(26)28-2)11-17(16)24-19/h3-11,25H,1-2H3,(H,23,24). The summed E-state index contributed by atoms with van der Waals surface area (Å²) in [5.74, 6) is 0.635. The highest BCUT2D eigenvalue weighted by molar-refractivity contribution is 5.94. The molecule has 4 rings (SSSR count). The Balaban J connectivity index is 1.82. The molecule has 0 radical (unpaired) electrons. The first kappa shape index (κ1) is 17.5. The van der Waals surface area contributed by atoms with Crippen molar-refractivity contribution in [1.82, 2.24) is 15.0 Å². The third-order valence-corrected chi connectivity index (χ3v) is 4.43. The summed E-state index contributed by atoms with van der Waals surface area (Å²) in [5.41, 5.74) is 3.92. The maximum atomic E-state index is 11.7. The summed E-state index contributed by atoms with van der Waals surface area (Å²) in [6.07, 6.45) is 1.65. The molecule has 0 atom stereocenters. The van der Waals surface area contributed by atoms with Crippen LogP contribution in [0.3, 0.4) is 0 Å². The van der Waals surface area contributed by atoms with Gasteiger partial charge >= 0.3 is 5.97 Å². The van der Waals surface area contributed by atoms with Crippen LogP contribution in [0.15, 0.2) is 54.7 Å². The topological polar surface area (TPSA) is 97.3 Å². The number of ether oxygens (including phenoxy) is 2. The number of nitrogens with one attached hydrogen (secondary N) is 1. The van der Waals surface area contributed by atoms with E-state index in [0.717, 1.165) is 11.1 Å². The Morgan fingerprint density at radius 2 is 1.93 bits per heavy atom. The van der Waals surface area contributed by atoms with Gasteiger partial charge in [0.1, 0.15) is 11.6 Å². The van der Waals surface area contributed by atoms with Gasteiger partial charge in [0.15, 0.2) is 0 Å². The van der Waals surface area contributed by atoms with Gasteiger partial charge in [-0.1, -0.05) is 6.07 Å². The molecule has 0 spiro atoms. The molecule has 7 nitrogen and oxygen atoms in total. The molecule has 0 saturated carbocycles. The van der Waals surface area contributed by atoms with Crippen molar-refractivity contribution < 1.29 is 19.4 Å². The van der Waals surface area contributed by atoms with Crippen molar-refractivity contribution in [3.8, 4) is 34.1 Å². The molecule has 0 saturated heterocycles. The minimum absolute atomic E-state index is 0.0823. The van der Waals surface area contributed by atoms with Gasteiger partial charge in [0.25, 0.3) is 0 Å². The number of benzene rings is 2. The van der Waals surface area contributed by atoms with Gasteiger partial charge in [-0.15, -0.1) is 0 Å². The zero-order chi connectivity index (χ0) is 19.7. The Morgan fingerprint density at radius 1 is 1.07 bits per heavy atom. The number of phenols is 1. The molecule has 0 bridgehead atoms. The van der Waals surface area contributed by atoms with Crippen LogP contribution >= 0.6 is 0 Å². The average molecular weight is 375 g/mol. The number of methoxy groups -OCH3 is 2. The molecule has 2 heterocycles. The number of fused-ring (bicyclic) bond motifs is 1. The van der Waals surface area contributed by atoms with E-state index in [1.54, 1.807) is 43.6 Å². The Hall–Kier alpha value is -3.87.